The Hall–Kier alpha value is -3.42. The van der Waals surface area contributed by atoms with E-state index in [-0.39, 0.29) is 5.78 Å². The molecular weight excluding hydrogens is 476 g/mol. The van der Waals surface area contributed by atoms with Crippen LogP contribution in [0.4, 0.5) is 5.82 Å². The lowest BCUT2D eigenvalue weighted by Crippen LogP contribution is -2.22. The lowest BCUT2D eigenvalue weighted by molar-refractivity contribution is 0.0849. The molecule has 0 atom stereocenters. The molecule has 2 aromatic heterocycles. The third-order valence-corrected chi connectivity index (χ3v) is 7.73. The second kappa shape index (κ2) is 10.9. The summed E-state index contributed by atoms with van der Waals surface area (Å²) in [5, 5.41) is 0. The highest BCUT2D eigenvalue weighted by Crippen LogP contribution is 2.28. The summed E-state index contributed by atoms with van der Waals surface area (Å²) in [6.45, 7) is 13.8. The van der Waals surface area contributed by atoms with E-state index in [0.717, 1.165) is 22.9 Å². The molecule has 192 valence electrons. The number of hydrogen-bond donors (Lipinski definition) is 0. The normalized spacial score (nSPS) is 12.1. The summed E-state index contributed by atoms with van der Waals surface area (Å²) in [6.07, 6.45) is 3.49. The highest BCUT2D eigenvalue weighted by Gasteiger charge is 2.28. The molecule has 0 fully saturated rings. The van der Waals surface area contributed by atoms with Crippen LogP contribution in [0, 0.1) is 5.41 Å². The van der Waals surface area contributed by atoms with Gasteiger partial charge in [0.2, 0.25) is 0 Å². The number of carbonyl (C=O) groups excluding carboxylic acids is 1. The van der Waals surface area contributed by atoms with Gasteiger partial charge in [0.25, 0.3) is 0 Å². The van der Waals surface area contributed by atoms with Crippen LogP contribution in [0.3, 0.4) is 0 Å². The first-order valence-electron chi connectivity index (χ1n) is 12.7. The fourth-order valence-electron chi connectivity index (χ4n) is 3.91. The topological polar surface area (TPSA) is 69.4 Å². The number of carbonyl (C=O) groups is 1. The van der Waals surface area contributed by atoms with Crippen LogP contribution in [0.2, 0.25) is 25.7 Å². The van der Waals surface area contributed by atoms with E-state index in [4.69, 9.17) is 19.7 Å². The smallest absolute Gasteiger partial charge is 0.171 e. The van der Waals surface area contributed by atoms with Gasteiger partial charge in [-0.15, -0.1) is 0 Å². The molecule has 0 spiro atoms. The minimum Gasteiger partial charge on any atom is -0.361 e. The van der Waals surface area contributed by atoms with Crippen LogP contribution >= 0.6 is 0 Å². The molecule has 0 aliphatic heterocycles. The largest absolute Gasteiger partial charge is 0.361 e. The lowest BCUT2D eigenvalue weighted by Gasteiger charge is -2.16. The van der Waals surface area contributed by atoms with Crippen molar-refractivity contribution in [3.8, 4) is 0 Å². The Morgan fingerprint density at radius 3 is 2.11 bits per heavy atom. The third kappa shape index (κ3) is 6.67. The van der Waals surface area contributed by atoms with Crippen molar-refractivity contribution in [3.63, 3.8) is 0 Å². The predicted molar refractivity (Wildman–Crippen MR) is 154 cm³/mol. The maximum Gasteiger partial charge on any atom is 0.171 e. The Morgan fingerprint density at radius 1 is 0.973 bits per heavy atom. The van der Waals surface area contributed by atoms with Gasteiger partial charge in [-0.2, -0.15) is 0 Å². The molecule has 6 nitrogen and oxygen atoms in total. The van der Waals surface area contributed by atoms with E-state index >= 15 is 0 Å². The van der Waals surface area contributed by atoms with E-state index in [9.17, 15) is 4.79 Å². The number of ketones is 1. The van der Waals surface area contributed by atoms with Crippen LogP contribution < -0.4 is 0 Å². The van der Waals surface area contributed by atoms with Gasteiger partial charge >= 0.3 is 0 Å². The second-order valence-corrected chi connectivity index (χ2v) is 17.2. The minimum atomic E-state index is -1.20. The van der Waals surface area contributed by atoms with Crippen molar-refractivity contribution in [2.75, 3.05) is 6.61 Å². The van der Waals surface area contributed by atoms with Crippen molar-refractivity contribution in [3.05, 3.63) is 89.7 Å². The fraction of sp³-hybridized carbons (Fsp3) is 0.333. The molecule has 7 heteroatoms. The number of rotatable bonds is 9. The molecule has 4 aromatic rings. The Labute approximate surface area is 220 Å². The Kier molecular flexibility index (Phi) is 7.85. The fourth-order valence-corrected chi connectivity index (χ4v) is 4.67. The van der Waals surface area contributed by atoms with Gasteiger partial charge in [-0.1, -0.05) is 101 Å². The number of ether oxygens (including phenoxy) is 1. The molecular formula is C30H36N4O2Si. The number of fused-ring (bicyclic) bond motifs is 1. The summed E-state index contributed by atoms with van der Waals surface area (Å²) in [4.78, 5) is 27.9. The van der Waals surface area contributed by atoms with Crippen LogP contribution in [0.25, 0.3) is 11.2 Å². The quantitative estimate of drug-likeness (QED) is 0.103. The van der Waals surface area contributed by atoms with Crippen LogP contribution in [-0.2, 0) is 11.5 Å². The lowest BCUT2D eigenvalue weighted by atomic mass is 9.87. The van der Waals surface area contributed by atoms with Crippen LogP contribution in [0.15, 0.2) is 78.0 Å². The third-order valence-electron chi connectivity index (χ3n) is 6.03. The molecule has 0 aliphatic rings. The van der Waals surface area contributed by atoms with Crippen molar-refractivity contribution in [2.45, 2.75) is 53.2 Å². The number of benzene rings is 2. The molecule has 2 aromatic carbocycles. The number of aliphatic imine (C=N–C) groups is 1. The van der Waals surface area contributed by atoms with Gasteiger partial charge < -0.3 is 9.30 Å². The zero-order chi connectivity index (χ0) is 26.6. The van der Waals surface area contributed by atoms with Crippen molar-refractivity contribution in [1.82, 2.24) is 14.5 Å². The average molecular weight is 513 g/mol. The number of hydrogen-bond acceptors (Lipinski definition) is 5. The SMILES string of the molecule is CC(C)(C)C(=O)c1cn(COCC[Si](C)(C)C)c2ncc(N=C(c3ccccc3)c3ccccc3)nc12. The molecule has 0 unspecified atom stereocenters. The molecule has 2 heterocycles. The van der Waals surface area contributed by atoms with Gasteiger partial charge in [0, 0.05) is 37.4 Å². The van der Waals surface area contributed by atoms with E-state index in [0.29, 0.717) is 35.9 Å². The summed E-state index contributed by atoms with van der Waals surface area (Å²) in [5.74, 6) is 0.468. The van der Waals surface area contributed by atoms with Crippen LogP contribution in [0.1, 0.15) is 42.3 Å². The van der Waals surface area contributed by atoms with Gasteiger partial charge in [-0.25, -0.2) is 15.0 Å². The number of Topliss-reactive ketones (excluding diaryl/α,β-unsaturated/α-hetero) is 1. The number of aromatic nitrogens is 3. The van der Waals surface area contributed by atoms with E-state index in [1.165, 1.54) is 0 Å². The summed E-state index contributed by atoms with van der Waals surface area (Å²) in [6, 6.07) is 21.1. The molecule has 37 heavy (non-hydrogen) atoms. The maximum absolute atomic E-state index is 13.4. The molecule has 0 saturated heterocycles. The van der Waals surface area contributed by atoms with Crippen molar-refractivity contribution >= 4 is 36.6 Å². The maximum atomic E-state index is 13.4. The summed E-state index contributed by atoms with van der Waals surface area (Å²) in [7, 11) is -1.20. The monoisotopic (exact) mass is 512 g/mol. The Balaban J connectivity index is 1.77. The first-order chi connectivity index (χ1) is 17.5. The molecule has 4 rings (SSSR count). The Bertz CT molecular complexity index is 1360. The molecule has 0 aliphatic carbocycles. The van der Waals surface area contributed by atoms with E-state index in [2.05, 4.69) is 19.6 Å². The first kappa shape index (κ1) is 26.6. The zero-order valence-corrected chi connectivity index (χ0v) is 23.7. The Morgan fingerprint density at radius 2 is 1.57 bits per heavy atom. The van der Waals surface area contributed by atoms with E-state index in [1.807, 2.05) is 92.2 Å². The minimum absolute atomic E-state index is 0.0140. The van der Waals surface area contributed by atoms with Crippen molar-refractivity contribution < 1.29 is 9.53 Å². The van der Waals surface area contributed by atoms with Gasteiger partial charge in [0.05, 0.1) is 17.5 Å². The second-order valence-electron chi connectivity index (χ2n) is 11.5. The summed E-state index contributed by atoms with van der Waals surface area (Å²) in [5.41, 5.74) is 3.92. The highest BCUT2D eigenvalue weighted by molar-refractivity contribution is 6.76. The summed E-state index contributed by atoms with van der Waals surface area (Å²) < 4.78 is 7.87. The molecule has 0 radical (unpaired) electrons. The summed E-state index contributed by atoms with van der Waals surface area (Å²) >= 11 is 0. The standard InChI is InChI=1S/C30H36N4O2Si/c1-30(2,3)28(35)24-20-34(21-36-17-18-37(4,5)6)29-27(24)33-25(19-31-29)32-26(22-13-9-7-10-14-22)23-15-11-8-12-16-23/h7-16,19-20H,17-18,21H2,1-6H3. The molecule has 0 bridgehead atoms. The van der Waals surface area contributed by atoms with Gasteiger partial charge in [0.1, 0.15) is 12.2 Å². The van der Waals surface area contributed by atoms with Crippen LogP contribution in [-0.4, -0.2) is 40.7 Å². The van der Waals surface area contributed by atoms with Crippen molar-refractivity contribution in [2.24, 2.45) is 10.4 Å². The van der Waals surface area contributed by atoms with E-state index in [1.54, 1.807) is 6.20 Å². The first-order valence-corrected chi connectivity index (χ1v) is 16.4. The van der Waals surface area contributed by atoms with Gasteiger partial charge in [0.15, 0.2) is 17.2 Å². The average Bonchev–Trinajstić information content (AvgIpc) is 3.22. The van der Waals surface area contributed by atoms with Crippen LogP contribution in [0.5, 0.6) is 0 Å². The molecule has 0 N–H and O–H groups in total. The predicted octanol–water partition coefficient (Wildman–Crippen LogP) is 7.14. The van der Waals surface area contributed by atoms with E-state index < -0.39 is 13.5 Å². The molecule has 0 saturated carbocycles. The highest BCUT2D eigenvalue weighted by atomic mass is 28.3. The van der Waals surface area contributed by atoms with Gasteiger partial charge in [-0.3, -0.25) is 4.79 Å². The van der Waals surface area contributed by atoms with Crippen molar-refractivity contribution in [1.29, 1.82) is 0 Å². The number of nitrogens with zero attached hydrogens (tertiary/aromatic N) is 4. The molecule has 0 amide bonds. The van der Waals surface area contributed by atoms with Gasteiger partial charge in [-0.05, 0) is 6.04 Å². The zero-order valence-electron chi connectivity index (χ0n) is 22.7.